The number of aryl methyl sites for hydroxylation is 1. The van der Waals surface area contributed by atoms with Gasteiger partial charge in [0, 0.05) is 5.56 Å². The first-order chi connectivity index (χ1) is 12.7. The molecule has 26 heavy (non-hydrogen) atoms. The van der Waals surface area contributed by atoms with E-state index < -0.39 is 0 Å². The molecular formula is C21H23NO4. The third-order valence-corrected chi connectivity index (χ3v) is 4.04. The Labute approximate surface area is 153 Å². The third kappa shape index (κ3) is 4.17. The molecule has 1 aliphatic rings. The average molecular weight is 353 g/mol. The van der Waals surface area contributed by atoms with E-state index in [2.05, 4.69) is 5.32 Å². The van der Waals surface area contributed by atoms with E-state index in [0.717, 1.165) is 16.9 Å². The van der Waals surface area contributed by atoms with Crippen molar-refractivity contribution in [3.63, 3.8) is 0 Å². The molecule has 0 atom stereocenters. The minimum absolute atomic E-state index is 0.147. The number of carbonyl (C=O) groups excluding carboxylic acids is 1. The van der Waals surface area contributed by atoms with Gasteiger partial charge in [-0.25, -0.2) is 0 Å². The van der Waals surface area contributed by atoms with Crippen LogP contribution in [0, 0.1) is 6.92 Å². The Kier molecular flexibility index (Phi) is 5.79. The van der Waals surface area contributed by atoms with Gasteiger partial charge in [0.15, 0.2) is 11.5 Å². The van der Waals surface area contributed by atoms with Crippen molar-refractivity contribution < 1.29 is 19.0 Å². The number of ether oxygens (including phenoxy) is 3. The van der Waals surface area contributed by atoms with Gasteiger partial charge in [0.25, 0.3) is 5.91 Å². The standard InChI is InChI=1S/C21H23NO4/c1-3-24-19-10-6-8-16-13-17(14-26-20(16)19)21(23)22-11-12-25-18-9-5-4-7-15(18)2/h4-10,13H,3,11-12,14H2,1-2H3,(H,22,23). The van der Waals surface area contributed by atoms with Gasteiger partial charge in [0.05, 0.1) is 18.7 Å². The first kappa shape index (κ1) is 17.9. The lowest BCUT2D eigenvalue weighted by Gasteiger charge is -2.20. The summed E-state index contributed by atoms with van der Waals surface area (Å²) in [5.41, 5.74) is 2.51. The van der Waals surface area contributed by atoms with Crippen LogP contribution in [0.1, 0.15) is 18.1 Å². The molecule has 1 heterocycles. The summed E-state index contributed by atoms with van der Waals surface area (Å²) in [6.45, 7) is 5.55. The Morgan fingerprint density at radius 2 is 1.92 bits per heavy atom. The van der Waals surface area contributed by atoms with Gasteiger partial charge in [-0.15, -0.1) is 0 Å². The van der Waals surface area contributed by atoms with Crippen molar-refractivity contribution >= 4 is 12.0 Å². The summed E-state index contributed by atoms with van der Waals surface area (Å²) < 4.78 is 17.0. The smallest absolute Gasteiger partial charge is 0.250 e. The number of nitrogens with one attached hydrogen (secondary N) is 1. The largest absolute Gasteiger partial charge is 0.491 e. The first-order valence-electron chi connectivity index (χ1n) is 8.75. The predicted molar refractivity (Wildman–Crippen MR) is 101 cm³/mol. The fourth-order valence-corrected chi connectivity index (χ4v) is 2.74. The van der Waals surface area contributed by atoms with E-state index in [4.69, 9.17) is 14.2 Å². The maximum Gasteiger partial charge on any atom is 0.250 e. The van der Waals surface area contributed by atoms with Crippen molar-refractivity contribution in [1.82, 2.24) is 5.32 Å². The van der Waals surface area contributed by atoms with Gasteiger partial charge < -0.3 is 19.5 Å². The molecule has 5 nitrogen and oxygen atoms in total. The van der Waals surface area contributed by atoms with Crippen LogP contribution >= 0.6 is 0 Å². The van der Waals surface area contributed by atoms with Gasteiger partial charge in [-0.1, -0.05) is 30.3 Å². The van der Waals surface area contributed by atoms with Gasteiger partial charge in [0.2, 0.25) is 0 Å². The number of para-hydroxylation sites is 2. The second-order valence-corrected chi connectivity index (χ2v) is 5.94. The van der Waals surface area contributed by atoms with E-state index in [1.54, 1.807) is 0 Å². The van der Waals surface area contributed by atoms with Crippen LogP contribution < -0.4 is 19.5 Å². The highest BCUT2D eigenvalue weighted by molar-refractivity contribution is 5.99. The second kappa shape index (κ2) is 8.43. The summed E-state index contributed by atoms with van der Waals surface area (Å²) in [4.78, 5) is 12.4. The Balaban J connectivity index is 1.55. The van der Waals surface area contributed by atoms with Crippen molar-refractivity contribution in [2.75, 3.05) is 26.4 Å². The molecule has 0 unspecified atom stereocenters. The third-order valence-electron chi connectivity index (χ3n) is 4.04. The molecule has 1 amide bonds. The molecule has 2 aromatic carbocycles. The number of amides is 1. The molecule has 1 N–H and O–H groups in total. The van der Waals surface area contributed by atoms with Crippen LogP contribution in [0.5, 0.6) is 17.2 Å². The number of benzene rings is 2. The van der Waals surface area contributed by atoms with Gasteiger partial charge in [-0.05, 0) is 37.6 Å². The molecule has 0 saturated carbocycles. The molecule has 5 heteroatoms. The van der Waals surface area contributed by atoms with E-state index in [-0.39, 0.29) is 12.5 Å². The predicted octanol–water partition coefficient (Wildman–Crippen LogP) is 3.36. The van der Waals surface area contributed by atoms with E-state index in [1.165, 1.54) is 0 Å². The van der Waals surface area contributed by atoms with Crippen molar-refractivity contribution in [3.8, 4) is 17.2 Å². The lowest BCUT2D eigenvalue weighted by Crippen LogP contribution is -2.32. The van der Waals surface area contributed by atoms with Gasteiger partial charge in [0.1, 0.15) is 19.0 Å². The lowest BCUT2D eigenvalue weighted by molar-refractivity contribution is -0.117. The Morgan fingerprint density at radius 3 is 2.73 bits per heavy atom. The summed E-state index contributed by atoms with van der Waals surface area (Å²) >= 11 is 0. The zero-order valence-corrected chi connectivity index (χ0v) is 15.1. The number of carbonyl (C=O) groups is 1. The Morgan fingerprint density at radius 1 is 1.12 bits per heavy atom. The van der Waals surface area contributed by atoms with Crippen molar-refractivity contribution in [2.24, 2.45) is 0 Å². The van der Waals surface area contributed by atoms with Crippen LogP contribution in [-0.2, 0) is 4.79 Å². The van der Waals surface area contributed by atoms with Crippen molar-refractivity contribution in [2.45, 2.75) is 13.8 Å². The van der Waals surface area contributed by atoms with E-state index in [0.29, 0.717) is 36.8 Å². The summed E-state index contributed by atoms with van der Waals surface area (Å²) in [7, 11) is 0. The van der Waals surface area contributed by atoms with Gasteiger partial charge in [-0.2, -0.15) is 0 Å². The molecular weight excluding hydrogens is 330 g/mol. The number of fused-ring (bicyclic) bond motifs is 1. The minimum atomic E-state index is -0.147. The monoisotopic (exact) mass is 353 g/mol. The lowest BCUT2D eigenvalue weighted by atomic mass is 10.1. The van der Waals surface area contributed by atoms with Crippen LogP contribution in [0.25, 0.3) is 6.08 Å². The minimum Gasteiger partial charge on any atom is -0.491 e. The fraction of sp³-hybridized carbons (Fsp3) is 0.286. The van der Waals surface area contributed by atoms with Crippen molar-refractivity contribution in [3.05, 3.63) is 59.2 Å². The highest BCUT2D eigenvalue weighted by atomic mass is 16.5. The molecule has 0 aliphatic carbocycles. The van der Waals surface area contributed by atoms with Crippen LogP contribution in [0.15, 0.2) is 48.0 Å². The van der Waals surface area contributed by atoms with Gasteiger partial charge >= 0.3 is 0 Å². The quantitative estimate of drug-likeness (QED) is 0.776. The molecule has 0 radical (unpaired) electrons. The summed E-state index contributed by atoms with van der Waals surface area (Å²) in [5, 5.41) is 2.87. The Hall–Kier alpha value is -2.95. The molecule has 0 aromatic heterocycles. The summed E-state index contributed by atoms with van der Waals surface area (Å²) in [5.74, 6) is 2.08. The van der Waals surface area contributed by atoms with Crippen LogP contribution in [0.4, 0.5) is 0 Å². The topological polar surface area (TPSA) is 56.8 Å². The normalized spacial score (nSPS) is 12.5. The molecule has 136 valence electrons. The first-order valence-corrected chi connectivity index (χ1v) is 8.75. The molecule has 2 aromatic rings. The van der Waals surface area contributed by atoms with E-state index in [1.807, 2.05) is 62.4 Å². The molecule has 0 saturated heterocycles. The Bertz CT molecular complexity index is 813. The van der Waals surface area contributed by atoms with E-state index in [9.17, 15) is 4.79 Å². The SMILES string of the molecule is CCOc1cccc2c1OCC(C(=O)NCCOc1ccccc1C)=C2. The number of rotatable bonds is 7. The van der Waals surface area contributed by atoms with Crippen LogP contribution in [0.2, 0.25) is 0 Å². The zero-order chi connectivity index (χ0) is 18.4. The maximum absolute atomic E-state index is 12.4. The number of hydrogen-bond acceptors (Lipinski definition) is 4. The van der Waals surface area contributed by atoms with Crippen molar-refractivity contribution in [1.29, 1.82) is 0 Å². The number of hydrogen-bond donors (Lipinski definition) is 1. The average Bonchev–Trinajstić information content (AvgIpc) is 2.66. The highest BCUT2D eigenvalue weighted by Gasteiger charge is 2.19. The molecule has 1 aliphatic heterocycles. The fourth-order valence-electron chi connectivity index (χ4n) is 2.74. The van der Waals surface area contributed by atoms with Gasteiger partial charge in [-0.3, -0.25) is 4.79 Å². The molecule has 0 bridgehead atoms. The van der Waals surface area contributed by atoms with Crippen LogP contribution in [0.3, 0.4) is 0 Å². The molecule has 3 rings (SSSR count). The summed E-state index contributed by atoms with van der Waals surface area (Å²) in [6.07, 6.45) is 1.85. The zero-order valence-electron chi connectivity index (χ0n) is 15.1. The van der Waals surface area contributed by atoms with E-state index >= 15 is 0 Å². The van der Waals surface area contributed by atoms with Crippen LogP contribution in [-0.4, -0.2) is 32.3 Å². The highest BCUT2D eigenvalue weighted by Crippen LogP contribution is 2.35. The molecule has 0 spiro atoms. The second-order valence-electron chi connectivity index (χ2n) is 5.94. The molecule has 0 fully saturated rings. The summed E-state index contributed by atoms with van der Waals surface area (Å²) in [6, 6.07) is 13.5. The maximum atomic E-state index is 12.4.